The fourth-order valence-electron chi connectivity index (χ4n) is 5.61. The number of aliphatic carboxylic acids is 1. The van der Waals surface area contributed by atoms with Crippen LogP contribution in [-0.4, -0.2) is 89.7 Å². The number of nitrogens with zero attached hydrogens (tertiary/aromatic N) is 2. The van der Waals surface area contributed by atoms with Crippen LogP contribution in [0.1, 0.15) is 47.8 Å². The zero-order chi connectivity index (χ0) is 31.9. The van der Waals surface area contributed by atoms with Crippen LogP contribution >= 0.6 is 11.6 Å². The molecule has 0 unspecified atom stereocenters. The van der Waals surface area contributed by atoms with E-state index in [2.05, 4.69) is 32.5 Å². The average Bonchev–Trinajstić information content (AvgIpc) is 3.43. The number of nitrogens with one attached hydrogen (secondary N) is 3. The van der Waals surface area contributed by atoms with Crippen LogP contribution in [-0.2, 0) is 9.59 Å². The second-order valence-corrected chi connectivity index (χ2v) is 11.7. The molecule has 13 heteroatoms. The Hall–Kier alpha value is -3.61. The molecular formula is C31H37ClF3N5O4. The molecule has 1 aromatic heterocycles. The van der Waals surface area contributed by atoms with Crippen LogP contribution in [0.15, 0.2) is 54.6 Å². The molecule has 3 aromatic rings. The SMILES string of the molecule is CN1CCC(N2CCC(CNC(=O)[C@H](NC(=O)c3cc4cc(Cl)ccc4[nH]3)c3ccccc3)CC2)CC1.O=C(O)C(F)(F)F. The van der Waals surface area contributed by atoms with E-state index in [9.17, 15) is 22.8 Å². The fraction of sp³-hybridized carbons (Fsp3) is 0.452. The molecule has 2 aromatic carbocycles. The third-order valence-electron chi connectivity index (χ3n) is 8.16. The Morgan fingerprint density at radius 3 is 2.25 bits per heavy atom. The van der Waals surface area contributed by atoms with Gasteiger partial charge in [-0.1, -0.05) is 41.9 Å². The Kier molecular flexibility index (Phi) is 11.3. The standard InChI is InChI=1S/C29H36ClN5O2.C2HF3O2/c1-34-13-11-24(12-14-34)35-15-9-20(10-16-35)19-31-29(37)27(21-5-3-2-4-6-21)33-28(36)26-18-22-17-23(30)7-8-25(22)32-26;3-2(4,5)1(6)7/h2-8,17-18,20,24,27,32H,9-16,19H2,1H3,(H,31,37)(H,33,36);(H,6,7)/t27-;/m1./s1. The van der Waals surface area contributed by atoms with E-state index in [1.165, 1.54) is 25.9 Å². The number of hydrogen-bond acceptors (Lipinski definition) is 5. The number of rotatable bonds is 7. The molecule has 2 amide bonds. The Morgan fingerprint density at radius 1 is 1.00 bits per heavy atom. The lowest BCUT2D eigenvalue weighted by Crippen LogP contribution is -2.48. The minimum atomic E-state index is -5.08. The zero-order valence-corrected chi connectivity index (χ0v) is 25.1. The molecule has 1 atom stereocenters. The van der Waals surface area contributed by atoms with Crippen molar-refractivity contribution in [1.82, 2.24) is 25.4 Å². The summed E-state index contributed by atoms with van der Waals surface area (Å²) in [5.41, 5.74) is 1.97. The Morgan fingerprint density at radius 2 is 1.64 bits per heavy atom. The molecule has 2 aliphatic rings. The van der Waals surface area contributed by atoms with Gasteiger partial charge in [0, 0.05) is 28.5 Å². The van der Waals surface area contributed by atoms with Crippen LogP contribution in [0.5, 0.6) is 0 Å². The van der Waals surface area contributed by atoms with Gasteiger partial charge in [0.15, 0.2) is 0 Å². The van der Waals surface area contributed by atoms with Crippen molar-refractivity contribution in [1.29, 1.82) is 0 Å². The van der Waals surface area contributed by atoms with Crippen molar-refractivity contribution in [2.24, 2.45) is 5.92 Å². The van der Waals surface area contributed by atoms with E-state index in [1.807, 2.05) is 42.5 Å². The lowest BCUT2D eigenvalue weighted by atomic mass is 9.93. The van der Waals surface area contributed by atoms with Gasteiger partial charge in [-0.05, 0) is 94.7 Å². The molecule has 5 rings (SSSR count). The molecule has 0 spiro atoms. The molecule has 2 saturated heterocycles. The molecule has 2 fully saturated rings. The predicted octanol–water partition coefficient (Wildman–Crippen LogP) is 4.85. The summed E-state index contributed by atoms with van der Waals surface area (Å²) in [5, 5.41) is 14.7. The highest BCUT2D eigenvalue weighted by atomic mass is 35.5. The molecule has 0 radical (unpaired) electrons. The number of carboxylic acids is 1. The fourth-order valence-corrected chi connectivity index (χ4v) is 5.79. The summed E-state index contributed by atoms with van der Waals surface area (Å²) in [6.45, 7) is 5.18. The van der Waals surface area contributed by atoms with Crippen LogP contribution in [0.4, 0.5) is 13.2 Å². The Bertz CT molecular complexity index is 1420. The van der Waals surface area contributed by atoms with E-state index >= 15 is 0 Å². The number of likely N-dealkylation sites (tertiary alicyclic amines) is 2. The number of aromatic nitrogens is 1. The first-order chi connectivity index (χ1) is 20.9. The summed E-state index contributed by atoms with van der Waals surface area (Å²) in [7, 11) is 2.20. The minimum absolute atomic E-state index is 0.184. The van der Waals surface area contributed by atoms with Crippen LogP contribution in [0.25, 0.3) is 10.9 Å². The molecule has 238 valence electrons. The van der Waals surface area contributed by atoms with Crippen molar-refractivity contribution in [2.45, 2.75) is 43.9 Å². The van der Waals surface area contributed by atoms with E-state index in [-0.39, 0.29) is 11.8 Å². The van der Waals surface area contributed by atoms with Crippen molar-refractivity contribution in [2.75, 3.05) is 39.8 Å². The quantitative estimate of drug-likeness (QED) is 0.295. The zero-order valence-electron chi connectivity index (χ0n) is 24.4. The number of H-pyrrole nitrogens is 1. The average molecular weight is 636 g/mol. The summed E-state index contributed by atoms with van der Waals surface area (Å²) in [6.07, 6.45) is -0.404. The smallest absolute Gasteiger partial charge is 0.475 e. The number of hydrogen-bond donors (Lipinski definition) is 4. The van der Waals surface area contributed by atoms with Gasteiger partial charge >= 0.3 is 12.1 Å². The van der Waals surface area contributed by atoms with Gasteiger partial charge in [-0.15, -0.1) is 0 Å². The number of aromatic amines is 1. The lowest BCUT2D eigenvalue weighted by molar-refractivity contribution is -0.192. The molecular weight excluding hydrogens is 599 g/mol. The topological polar surface area (TPSA) is 118 Å². The molecule has 0 aliphatic carbocycles. The van der Waals surface area contributed by atoms with Crippen LogP contribution < -0.4 is 10.6 Å². The van der Waals surface area contributed by atoms with Crippen LogP contribution in [0.3, 0.4) is 0 Å². The van der Waals surface area contributed by atoms with E-state index in [1.54, 1.807) is 12.1 Å². The minimum Gasteiger partial charge on any atom is -0.475 e. The van der Waals surface area contributed by atoms with Crippen molar-refractivity contribution in [3.8, 4) is 0 Å². The number of amides is 2. The number of alkyl halides is 3. The van der Waals surface area contributed by atoms with Gasteiger partial charge < -0.3 is 30.5 Å². The lowest BCUT2D eigenvalue weighted by Gasteiger charge is -2.41. The number of carbonyl (C=O) groups is 3. The normalized spacial score (nSPS) is 17.8. The van der Waals surface area contributed by atoms with Gasteiger partial charge in [-0.25, -0.2) is 4.79 Å². The van der Waals surface area contributed by atoms with E-state index in [0.717, 1.165) is 42.4 Å². The highest BCUT2D eigenvalue weighted by Gasteiger charge is 2.38. The van der Waals surface area contributed by atoms with Gasteiger partial charge in [0.1, 0.15) is 11.7 Å². The van der Waals surface area contributed by atoms with Crippen molar-refractivity contribution >= 4 is 40.3 Å². The van der Waals surface area contributed by atoms with E-state index < -0.39 is 18.2 Å². The first-order valence-corrected chi connectivity index (χ1v) is 14.9. The summed E-state index contributed by atoms with van der Waals surface area (Å²) in [6, 6.07) is 16.5. The summed E-state index contributed by atoms with van der Waals surface area (Å²) < 4.78 is 31.7. The molecule has 0 bridgehead atoms. The van der Waals surface area contributed by atoms with Gasteiger partial charge in [-0.3, -0.25) is 9.59 Å². The summed E-state index contributed by atoms with van der Waals surface area (Å²) in [4.78, 5) is 43.6. The molecule has 0 saturated carbocycles. The largest absolute Gasteiger partial charge is 0.490 e. The number of carboxylic acid groups (broad SMARTS) is 1. The highest BCUT2D eigenvalue weighted by molar-refractivity contribution is 6.31. The third kappa shape index (κ3) is 9.20. The molecule has 3 heterocycles. The van der Waals surface area contributed by atoms with E-state index in [0.29, 0.717) is 29.2 Å². The number of fused-ring (bicyclic) bond motifs is 1. The maximum atomic E-state index is 13.3. The van der Waals surface area contributed by atoms with Crippen LogP contribution in [0, 0.1) is 5.92 Å². The Balaban J connectivity index is 0.000000566. The highest BCUT2D eigenvalue weighted by Crippen LogP contribution is 2.24. The summed E-state index contributed by atoms with van der Waals surface area (Å²) in [5.74, 6) is -2.82. The maximum absolute atomic E-state index is 13.3. The number of benzene rings is 2. The predicted molar refractivity (Wildman–Crippen MR) is 161 cm³/mol. The third-order valence-corrected chi connectivity index (χ3v) is 8.39. The maximum Gasteiger partial charge on any atom is 0.490 e. The van der Waals surface area contributed by atoms with Crippen molar-refractivity contribution in [3.63, 3.8) is 0 Å². The first kappa shape index (κ1) is 33.3. The molecule has 44 heavy (non-hydrogen) atoms. The molecule has 4 N–H and O–H groups in total. The second-order valence-electron chi connectivity index (χ2n) is 11.3. The van der Waals surface area contributed by atoms with Gasteiger partial charge in [0.2, 0.25) is 5.91 Å². The molecule has 9 nitrogen and oxygen atoms in total. The van der Waals surface area contributed by atoms with Crippen molar-refractivity contribution in [3.05, 3.63) is 70.9 Å². The number of carbonyl (C=O) groups excluding carboxylic acids is 2. The second kappa shape index (κ2) is 14.9. The number of halogens is 4. The van der Waals surface area contributed by atoms with Crippen LogP contribution in [0.2, 0.25) is 5.02 Å². The van der Waals surface area contributed by atoms with Gasteiger partial charge in [0.25, 0.3) is 5.91 Å². The van der Waals surface area contributed by atoms with E-state index in [4.69, 9.17) is 21.5 Å². The number of piperidine rings is 2. The first-order valence-electron chi connectivity index (χ1n) is 14.5. The summed E-state index contributed by atoms with van der Waals surface area (Å²) >= 11 is 6.09. The Labute approximate surface area is 258 Å². The van der Waals surface area contributed by atoms with Gasteiger partial charge in [0.05, 0.1) is 0 Å². The molecule has 2 aliphatic heterocycles. The monoisotopic (exact) mass is 635 g/mol. The van der Waals surface area contributed by atoms with Gasteiger partial charge in [-0.2, -0.15) is 13.2 Å². The van der Waals surface area contributed by atoms with Crippen molar-refractivity contribution < 1.29 is 32.7 Å².